The molecule has 4 aromatic rings. The van der Waals surface area contributed by atoms with Gasteiger partial charge in [0.25, 0.3) is 0 Å². The summed E-state index contributed by atoms with van der Waals surface area (Å²) in [6.07, 6.45) is 7.59. The van der Waals surface area contributed by atoms with E-state index >= 15 is 0 Å². The molecule has 1 N–H and O–H groups in total. The molecule has 1 aliphatic rings. The number of hydrogen-bond donors (Lipinski definition) is 1. The van der Waals surface area contributed by atoms with E-state index in [0.29, 0.717) is 11.7 Å². The van der Waals surface area contributed by atoms with Crippen LogP contribution < -0.4 is 0 Å². The summed E-state index contributed by atoms with van der Waals surface area (Å²) in [4.78, 5) is 16.3. The van der Waals surface area contributed by atoms with E-state index < -0.39 is 0 Å². The molecule has 5 heteroatoms. The second kappa shape index (κ2) is 9.28. The van der Waals surface area contributed by atoms with Crippen LogP contribution >= 0.6 is 0 Å². The van der Waals surface area contributed by atoms with E-state index in [1.54, 1.807) is 18.5 Å². The van der Waals surface area contributed by atoms with Crippen LogP contribution in [0.5, 0.6) is 5.75 Å². The number of aromatic hydroxyl groups is 1. The van der Waals surface area contributed by atoms with Crippen molar-refractivity contribution in [2.75, 3.05) is 13.1 Å². The molecule has 1 aliphatic heterocycles. The van der Waals surface area contributed by atoms with Crippen LogP contribution in [0.25, 0.3) is 22.5 Å². The summed E-state index contributed by atoms with van der Waals surface area (Å²) in [5.74, 6) is 1.49. The van der Waals surface area contributed by atoms with Crippen LogP contribution in [-0.2, 0) is 6.54 Å². The van der Waals surface area contributed by atoms with Gasteiger partial charge in [-0.25, -0.2) is 9.97 Å². The number of rotatable bonds is 5. The summed E-state index contributed by atoms with van der Waals surface area (Å²) >= 11 is 0. The third-order valence-electron chi connectivity index (χ3n) is 6.20. The molecule has 5 nitrogen and oxygen atoms in total. The highest BCUT2D eigenvalue weighted by Crippen LogP contribution is 2.35. The number of phenolic OH excluding ortho intramolecular Hbond substituents is 1. The van der Waals surface area contributed by atoms with E-state index in [0.717, 1.165) is 66.2 Å². The quantitative estimate of drug-likeness (QED) is 0.473. The highest BCUT2D eigenvalue weighted by atomic mass is 16.3. The predicted molar refractivity (Wildman–Crippen MR) is 126 cm³/mol. The minimum absolute atomic E-state index is 0.370. The molecule has 0 amide bonds. The fourth-order valence-electron chi connectivity index (χ4n) is 4.44. The van der Waals surface area contributed by atoms with Crippen molar-refractivity contribution in [1.29, 1.82) is 0 Å². The van der Waals surface area contributed by atoms with Crippen molar-refractivity contribution in [1.82, 2.24) is 19.9 Å². The van der Waals surface area contributed by atoms with Crippen molar-refractivity contribution < 1.29 is 5.11 Å². The van der Waals surface area contributed by atoms with Crippen LogP contribution in [0.15, 0.2) is 85.3 Å². The van der Waals surface area contributed by atoms with Gasteiger partial charge in [-0.2, -0.15) is 0 Å². The summed E-state index contributed by atoms with van der Waals surface area (Å²) in [5, 5.41) is 10.1. The van der Waals surface area contributed by atoms with Gasteiger partial charge in [0.05, 0.1) is 5.69 Å². The number of likely N-dealkylation sites (tertiary alicyclic amines) is 1. The smallest absolute Gasteiger partial charge is 0.159 e. The summed E-state index contributed by atoms with van der Waals surface area (Å²) in [5.41, 5.74) is 5.36. The van der Waals surface area contributed by atoms with E-state index in [-0.39, 0.29) is 0 Å². The Morgan fingerprint density at radius 2 is 1.56 bits per heavy atom. The number of aromatic nitrogens is 3. The van der Waals surface area contributed by atoms with Crippen molar-refractivity contribution in [2.24, 2.45) is 0 Å². The Bertz CT molecular complexity index is 1170. The number of phenols is 1. The lowest BCUT2D eigenvalue weighted by Gasteiger charge is -2.32. The Balaban J connectivity index is 1.41. The molecule has 0 atom stereocenters. The minimum atomic E-state index is 0.370. The zero-order valence-corrected chi connectivity index (χ0v) is 17.9. The van der Waals surface area contributed by atoms with Crippen molar-refractivity contribution >= 4 is 0 Å². The van der Waals surface area contributed by atoms with E-state index in [9.17, 15) is 5.11 Å². The number of nitrogens with zero attached hydrogens (tertiary/aromatic N) is 4. The van der Waals surface area contributed by atoms with E-state index in [4.69, 9.17) is 4.98 Å². The fourth-order valence-corrected chi connectivity index (χ4v) is 4.44. The normalized spacial score (nSPS) is 15.0. The summed E-state index contributed by atoms with van der Waals surface area (Å²) < 4.78 is 0. The van der Waals surface area contributed by atoms with Crippen molar-refractivity contribution in [3.05, 3.63) is 96.6 Å². The monoisotopic (exact) mass is 422 g/mol. The van der Waals surface area contributed by atoms with Gasteiger partial charge < -0.3 is 5.11 Å². The molecule has 0 spiro atoms. The molecule has 0 aliphatic carbocycles. The maximum Gasteiger partial charge on any atom is 0.159 e. The SMILES string of the molecule is Oc1ccccc1CN1CCC(c2nc(-c3ccncc3)ncc2-c2ccccc2)CC1. The molecule has 3 heterocycles. The average Bonchev–Trinajstić information content (AvgIpc) is 2.87. The van der Waals surface area contributed by atoms with Gasteiger partial charge in [0.2, 0.25) is 0 Å². The lowest BCUT2D eigenvalue weighted by atomic mass is 9.88. The average molecular weight is 423 g/mol. The largest absolute Gasteiger partial charge is 0.508 e. The molecule has 160 valence electrons. The van der Waals surface area contributed by atoms with Crippen molar-refractivity contribution in [2.45, 2.75) is 25.3 Å². The molecule has 0 unspecified atom stereocenters. The Labute approximate surface area is 188 Å². The molecule has 1 saturated heterocycles. The summed E-state index contributed by atoms with van der Waals surface area (Å²) in [6.45, 7) is 2.72. The molecule has 2 aromatic heterocycles. The molecular weight excluding hydrogens is 396 g/mol. The van der Waals surface area contributed by atoms with Gasteiger partial charge in [-0.05, 0) is 49.7 Å². The molecular formula is C27H26N4O. The summed E-state index contributed by atoms with van der Waals surface area (Å²) in [7, 11) is 0. The molecule has 2 aromatic carbocycles. The zero-order valence-electron chi connectivity index (χ0n) is 17.9. The molecule has 5 rings (SSSR count). The maximum absolute atomic E-state index is 10.1. The third-order valence-corrected chi connectivity index (χ3v) is 6.20. The Kier molecular flexibility index (Phi) is 5.90. The topological polar surface area (TPSA) is 62.1 Å². The van der Waals surface area contributed by atoms with Gasteiger partial charge in [-0.15, -0.1) is 0 Å². The number of piperidine rings is 1. The second-order valence-electron chi connectivity index (χ2n) is 8.27. The maximum atomic E-state index is 10.1. The first kappa shape index (κ1) is 20.3. The van der Waals surface area contributed by atoms with E-state index in [1.807, 2.05) is 42.6 Å². The van der Waals surface area contributed by atoms with Crippen LogP contribution in [0.3, 0.4) is 0 Å². The van der Waals surface area contributed by atoms with Crippen LogP contribution in [0.2, 0.25) is 0 Å². The Hall–Kier alpha value is -3.57. The Morgan fingerprint density at radius 1 is 0.844 bits per heavy atom. The first-order chi connectivity index (χ1) is 15.8. The number of para-hydroxylation sites is 1. The number of hydrogen-bond acceptors (Lipinski definition) is 5. The van der Waals surface area contributed by atoms with E-state index in [1.165, 1.54) is 0 Å². The van der Waals surface area contributed by atoms with Gasteiger partial charge in [-0.1, -0.05) is 48.5 Å². The van der Waals surface area contributed by atoms with Gasteiger partial charge in [-0.3, -0.25) is 9.88 Å². The standard InChI is InChI=1S/C27H26N4O/c32-25-9-5-4-8-23(25)19-31-16-12-21(13-17-31)26-24(20-6-2-1-3-7-20)18-29-27(30-26)22-10-14-28-15-11-22/h1-11,14-15,18,21,32H,12-13,16-17,19H2. The first-order valence-electron chi connectivity index (χ1n) is 11.1. The van der Waals surface area contributed by atoms with Crippen LogP contribution in [0.4, 0.5) is 0 Å². The lowest BCUT2D eigenvalue weighted by molar-refractivity contribution is 0.201. The zero-order chi connectivity index (χ0) is 21.8. The number of pyridine rings is 1. The predicted octanol–water partition coefficient (Wildman–Crippen LogP) is 5.29. The van der Waals surface area contributed by atoms with Gasteiger partial charge >= 0.3 is 0 Å². The van der Waals surface area contributed by atoms with Crippen molar-refractivity contribution in [3.63, 3.8) is 0 Å². The third kappa shape index (κ3) is 4.39. The van der Waals surface area contributed by atoms with Gasteiger partial charge in [0.15, 0.2) is 5.82 Å². The number of benzene rings is 2. The summed E-state index contributed by atoms with van der Waals surface area (Å²) in [6, 6.07) is 21.9. The van der Waals surface area contributed by atoms with E-state index in [2.05, 4.69) is 39.1 Å². The molecule has 1 fully saturated rings. The first-order valence-corrected chi connectivity index (χ1v) is 11.1. The van der Waals surface area contributed by atoms with Crippen LogP contribution in [-0.4, -0.2) is 38.0 Å². The van der Waals surface area contributed by atoms with Gasteiger partial charge in [0.1, 0.15) is 5.75 Å². The molecule has 32 heavy (non-hydrogen) atoms. The van der Waals surface area contributed by atoms with Gasteiger partial charge in [0, 0.05) is 47.7 Å². The minimum Gasteiger partial charge on any atom is -0.508 e. The molecule has 0 saturated carbocycles. The second-order valence-corrected chi connectivity index (χ2v) is 8.27. The Morgan fingerprint density at radius 3 is 2.31 bits per heavy atom. The molecule has 0 bridgehead atoms. The van der Waals surface area contributed by atoms with Crippen LogP contribution in [0.1, 0.15) is 30.0 Å². The highest BCUT2D eigenvalue weighted by molar-refractivity contribution is 5.67. The lowest BCUT2D eigenvalue weighted by Crippen LogP contribution is -2.33. The highest BCUT2D eigenvalue weighted by Gasteiger charge is 2.25. The van der Waals surface area contributed by atoms with Crippen molar-refractivity contribution in [3.8, 4) is 28.3 Å². The van der Waals surface area contributed by atoms with Crippen LogP contribution in [0, 0.1) is 0 Å². The molecule has 0 radical (unpaired) electrons. The fraction of sp³-hybridized carbons (Fsp3) is 0.222.